The molecule has 2 aliphatic rings. The third-order valence-corrected chi connectivity index (χ3v) is 4.79. The lowest BCUT2D eigenvalue weighted by Crippen LogP contribution is -2.47. The first-order chi connectivity index (χ1) is 10.1. The van der Waals surface area contributed by atoms with Gasteiger partial charge in [0, 0.05) is 36.0 Å². The first kappa shape index (κ1) is 15.1. The first-order valence-electron chi connectivity index (χ1n) is 7.08. The minimum Gasteiger partial charge on any atom is -0.347 e. The number of carbonyl (C=O) groups excluding carboxylic acids is 1. The summed E-state index contributed by atoms with van der Waals surface area (Å²) < 4.78 is 11.3. The molecule has 2 heterocycles. The van der Waals surface area contributed by atoms with Crippen LogP contribution in [-0.4, -0.2) is 42.9 Å². The zero-order chi connectivity index (χ0) is 14.9. The standard InChI is InChI=1S/C15H17Cl2NO3/c16-12-2-1-3-13(17)11(12)10-14(19)18-6-4-15(5-7-18)20-8-9-21-15/h1-3H,4-10H2. The fraction of sp³-hybridized carbons (Fsp3) is 0.533. The lowest BCUT2D eigenvalue weighted by Gasteiger charge is -2.37. The summed E-state index contributed by atoms with van der Waals surface area (Å²) in [4.78, 5) is 14.2. The SMILES string of the molecule is O=C(Cc1c(Cl)cccc1Cl)N1CCC2(CC1)OCCO2. The highest BCUT2D eigenvalue weighted by Gasteiger charge is 2.40. The number of hydrogen-bond donors (Lipinski definition) is 0. The topological polar surface area (TPSA) is 38.8 Å². The molecule has 1 spiro atoms. The van der Waals surface area contributed by atoms with E-state index >= 15 is 0 Å². The van der Waals surface area contributed by atoms with Crippen molar-refractivity contribution in [1.29, 1.82) is 0 Å². The molecule has 1 aromatic rings. The number of carbonyl (C=O) groups is 1. The zero-order valence-corrected chi connectivity index (χ0v) is 13.1. The van der Waals surface area contributed by atoms with Crippen molar-refractivity contribution in [2.24, 2.45) is 0 Å². The van der Waals surface area contributed by atoms with Crippen molar-refractivity contribution in [3.8, 4) is 0 Å². The number of likely N-dealkylation sites (tertiary alicyclic amines) is 1. The molecule has 114 valence electrons. The number of ether oxygens (including phenoxy) is 2. The normalized spacial score (nSPS) is 21.0. The quantitative estimate of drug-likeness (QED) is 0.837. The van der Waals surface area contributed by atoms with Crippen molar-refractivity contribution < 1.29 is 14.3 Å². The van der Waals surface area contributed by atoms with Crippen LogP contribution in [0.4, 0.5) is 0 Å². The molecule has 0 aromatic heterocycles. The van der Waals surface area contributed by atoms with Gasteiger partial charge in [-0.2, -0.15) is 0 Å². The van der Waals surface area contributed by atoms with Crippen LogP contribution in [0.25, 0.3) is 0 Å². The number of rotatable bonds is 2. The number of piperidine rings is 1. The lowest BCUT2D eigenvalue weighted by molar-refractivity contribution is -0.187. The molecule has 2 fully saturated rings. The molecule has 4 nitrogen and oxygen atoms in total. The number of halogens is 2. The molecular formula is C15H17Cl2NO3. The van der Waals surface area contributed by atoms with Crippen molar-refractivity contribution in [2.75, 3.05) is 26.3 Å². The van der Waals surface area contributed by atoms with E-state index in [-0.39, 0.29) is 12.3 Å². The van der Waals surface area contributed by atoms with Crippen LogP contribution in [-0.2, 0) is 20.7 Å². The maximum Gasteiger partial charge on any atom is 0.227 e. The van der Waals surface area contributed by atoms with Gasteiger partial charge in [-0.05, 0) is 17.7 Å². The average molecular weight is 330 g/mol. The minimum absolute atomic E-state index is 0.0397. The Morgan fingerprint density at radius 3 is 2.29 bits per heavy atom. The van der Waals surface area contributed by atoms with Gasteiger partial charge < -0.3 is 14.4 Å². The van der Waals surface area contributed by atoms with Crippen LogP contribution >= 0.6 is 23.2 Å². The zero-order valence-electron chi connectivity index (χ0n) is 11.6. The molecule has 0 bridgehead atoms. The summed E-state index contributed by atoms with van der Waals surface area (Å²) in [7, 11) is 0. The lowest BCUT2D eigenvalue weighted by atomic mass is 10.0. The molecule has 0 aliphatic carbocycles. The van der Waals surface area contributed by atoms with Crippen LogP contribution in [0.5, 0.6) is 0 Å². The molecule has 0 unspecified atom stereocenters. The molecule has 3 rings (SSSR count). The summed E-state index contributed by atoms with van der Waals surface area (Å²) in [5.41, 5.74) is 0.694. The molecule has 1 amide bonds. The molecule has 0 atom stereocenters. The predicted molar refractivity (Wildman–Crippen MR) is 80.6 cm³/mol. The van der Waals surface area contributed by atoms with E-state index in [2.05, 4.69) is 0 Å². The highest BCUT2D eigenvalue weighted by atomic mass is 35.5. The van der Waals surface area contributed by atoms with Crippen molar-refractivity contribution >= 4 is 29.1 Å². The number of benzene rings is 1. The molecule has 0 N–H and O–H groups in total. The summed E-state index contributed by atoms with van der Waals surface area (Å²) in [6.45, 7) is 2.56. The molecule has 2 saturated heterocycles. The van der Waals surface area contributed by atoms with Crippen LogP contribution in [0.2, 0.25) is 10.0 Å². The first-order valence-corrected chi connectivity index (χ1v) is 7.84. The number of amides is 1. The Morgan fingerprint density at radius 2 is 1.71 bits per heavy atom. The summed E-state index contributed by atoms with van der Waals surface area (Å²) in [5.74, 6) is -0.420. The van der Waals surface area contributed by atoms with Crippen LogP contribution in [0.3, 0.4) is 0 Å². The Bertz CT molecular complexity index is 513. The highest BCUT2D eigenvalue weighted by Crippen LogP contribution is 2.32. The fourth-order valence-electron chi connectivity index (χ4n) is 2.85. The minimum atomic E-state index is -0.460. The van der Waals surface area contributed by atoms with E-state index in [1.807, 2.05) is 4.90 Å². The second-order valence-corrected chi connectivity index (χ2v) is 6.18. The maximum atomic E-state index is 12.4. The molecule has 1 aromatic carbocycles. The van der Waals surface area contributed by atoms with Gasteiger partial charge in [-0.15, -0.1) is 0 Å². The predicted octanol–water partition coefficient (Wildman–Crippen LogP) is 2.90. The van der Waals surface area contributed by atoms with E-state index in [1.54, 1.807) is 18.2 Å². The second kappa shape index (κ2) is 6.13. The van der Waals surface area contributed by atoms with E-state index in [0.29, 0.717) is 41.9 Å². The Hall–Kier alpha value is -0.810. The van der Waals surface area contributed by atoms with Crippen LogP contribution in [0, 0.1) is 0 Å². The highest BCUT2D eigenvalue weighted by molar-refractivity contribution is 6.36. The van der Waals surface area contributed by atoms with E-state index < -0.39 is 5.79 Å². The van der Waals surface area contributed by atoms with Gasteiger partial charge in [0.2, 0.25) is 5.91 Å². The van der Waals surface area contributed by atoms with Crippen molar-refractivity contribution in [3.05, 3.63) is 33.8 Å². The largest absolute Gasteiger partial charge is 0.347 e. The van der Waals surface area contributed by atoms with E-state index in [9.17, 15) is 4.79 Å². The van der Waals surface area contributed by atoms with E-state index in [4.69, 9.17) is 32.7 Å². The third kappa shape index (κ3) is 3.19. The van der Waals surface area contributed by atoms with E-state index in [0.717, 1.165) is 12.8 Å². The van der Waals surface area contributed by atoms with Crippen LogP contribution in [0.1, 0.15) is 18.4 Å². The van der Waals surface area contributed by atoms with Gasteiger partial charge >= 0.3 is 0 Å². The van der Waals surface area contributed by atoms with Crippen molar-refractivity contribution in [3.63, 3.8) is 0 Å². The van der Waals surface area contributed by atoms with E-state index in [1.165, 1.54) is 0 Å². The van der Waals surface area contributed by atoms with Crippen LogP contribution in [0.15, 0.2) is 18.2 Å². The van der Waals surface area contributed by atoms with Gasteiger partial charge in [-0.1, -0.05) is 29.3 Å². The smallest absolute Gasteiger partial charge is 0.227 e. The molecule has 0 radical (unpaired) electrons. The molecule has 0 saturated carbocycles. The number of hydrogen-bond acceptors (Lipinski definition) is 3. The Morgan fingerprint density at radius 1 is 1.14 bits per heavy atom. The summed E-state index contributed by atoms with van der Waals surface area (Å²) in [6, 6.07) is 5.28. The molecular weight excluding hydrogens is 313 g/mol. The summed E-state index contributed by atoms with van der Waals surface area (Å²) >= 11 is 12.2. The Balaban J connectivity index is 1.62. The van der Waals surface area contributed by atoms with Gasteiger partial charge in [-0.25, -0.2) is 0 Å². The summed E-state index contributed by atoms with van der Waals surface area (Å²) in [6.07, 6.45) is 1.66. The molecule has 21 heavy (non-hydrogen) atoms. The maximum absolute atomic E-state index is 12.4. The van der Waals surface area contributed by atoms with Gasteiger partial charge in [0.1, 0.15) is 0 Å². The number of nitrogens with zero attached hydrogens (tertiary/aromatic N) is 1. The van der Waals surface area contributed by atoms with Crippen LogP contribution < -0.4 is 0 Å². The molecule has 2 aliphatic heterocycles. The Kier molecular flexibility index (Phi) is 4.41. The van der Waals surface area contributed by atoms with Crippen molar-refractivity contribution in [2.45, 2.75) is 25.0 Å². The fourth-order valence-corrected chi connectivity index (χ4v) is 3.38. The summed E-state index contributed by atoms with van der Waals surface area (Å²) in [5, 5.41) is 1.07. The third-order valence-electron chi connectivity index (χ3n) is 4.08. The van der Waals surface area contributed by atoms with Gasteiger partial charge in [-0.3, -0.25) is 4.79 Å². The van der Waals surface area contributed by atoms with Gasteiger partial charge in [0.15, 0.2) is 5.79 Å². The average Bonchev–Trinajstić information content (AvgIpc) is 2.92. The molecule has 6 heteroatoms. The Labute approximate surface area is 133 Å². The van der Waals surface area contributed by atoms with Gasteiger partial charge in [0.25, 0.3) is 0 Å². The second-order valence-electron chi connectivity index (χ2n) is 5.37. The monoisotopic (exact) mass is 329 g/mol. The van der Waals surface area contributed by atoms with Crippen molar-refractivity contribution in [1.82, 2.24) is 4.90 Å². The van der Waals surface area contributed by atoms with Gasteiger partial charge in [0.05, 0.1) is 19.6 Å².